The van der Waals surface area contributed by atoms with Crippen LogP contribution in [-0.2, 0) is 0 Å². The molecule has 0 spiro atoms. The minimum absolute atomic E-state index is 0.141. The minimum Gasteiger partial charge on any atom is -0.493 e. The van der Waals surface area contributed by atoms with E-state index in [-0.39, 0.29) is 18.6 Å². The summed E-state index contributed by atoms with van der Waals surface area (Å²) in [6.07, 6.45) is 14.7. The fourth-order valence-electron chi connectivity index (χ4n) is 4.37. The van der Waals surface area contributed by atoms with Gasteiger partial charge in [-0.15, -0.1) is 13.0 Å². The summed E-state index contributed by atoms with van der Waals surface area (Å²) < 4.78 is 11.8. The molecular weight excluding hydrogens is 364 g/mol. The molecule has 0 aromatic heterocycles. The summed E-state index contributed by atoms with van der Waals surface area (Å²) in [6.45, 7) is 6.53. The zero-order chi connectivity index (χ0) is 20.6. The number of hydrogen-bond acceptors (Lipinski definition) is 4. The van der Waals surface area contributed by atoms with Crippen molar-refractivity contribution in [1.82, 2.24) is 9.80 Å². The molecule has 0 radical (unpaired) electrons. The van der Waals surface area contributed by atoms with Crippen molar-refractivity contribution in [1.29, 1.82) is 0 Å². The molecule has 1 aliphatic carbocycles. The number of ether oxygens (including phenoxy) is 2. The van der Waals surface area contributed by atoms with Crippen LogP contribution < -0.4 is 9.47 Å². The number of rotatable bonds is 8. The summed E-state index contributed by atoms with van der Waals surface area (Å²) in [6, 6.07) is 6.12. The largest absolute Gasteiger partial charge is 0.493 e. The van der Waals surface area contributed by atoms with Crippen LogP contribution in [0.5, 0.6) is 11.5 Å². The molecule has 29 heavy (non-hydrogen) atoms. The molecule has 0 N–H and O–H groups in total. The molecule has 1 heterocycles. The lowest BCUT2D eigenvalue weighted by Gasteiger charge is -2.36. The molecule has 2 aliphatic rings. The molecule has 1 aromatic rings. The molecule has 0 atom stereocenters. The van der Waals surface area contributed by atoms with Gasteiger partial charge in [0.25, 0.3) is 5.91 Å². The maximum atomic E-state index is 12.7. The standard InChI is InChI=1S/C24H32N2O3/c1-4-14-26(15-5-2)24(27)19-10-11-22(23(18-19)28-3)29-21-12-16-25(17-13-21)20-8-6-7-9-20/h1,5,10-11,18,20-21H,2,6-9,12-17H2,3H3. The summed E-state index contributed by atoms with van der Waals surface area (Å²) in [7, 11) is 1.60. The third-order valence-electron chi connectivity index (χ3n) is 5.94. The first kappa shape index (κ1) is 21.3. The number of carbonyl (C=O) groups excluding carboxylic acids is 1. The van der Waals surface area contributed by atoms with Gasteiger partial charge in [-0.3, -0.25) is 4.79 Å². The molecular formula is C24H32N2O3. The van der Waals surface area contributed by atoms with Crippen LogP contribution in [0.25, 0.3) is 0 Å². The Morgan fingerprint density at radius 2 is 2.00 bits per heavy atom. The molecule has 3 rings (SSSR count). The number of methoxy groups -OCH3 is 1. The fraction of sp³-hybridized carbons (Fsp3) is 0.542. The van der Waals surface area contributed by atoms with Crippen LogP contribution in [0.15, 0.2) is 30.9 Å². The second kappa shape index (κ2) is 10.4. The van der Waals surface area contributed by atoms with Gasteiger partial charge in [0.2, 0.25) is 0 Å². The van der Waals surface area contributed by atoms with Crippen LogP contribution in [0.3, 0.4) is 0 Å². The number of terminal acetylenes is 1. The lowest BCUT2D eigenvalue weighted by molar-refractivity contribution is 0.0748. The van der Waals surface area contributed by atoms with Gasteiger partial charge in [-0.1, -0.05) is 24.8 Å². The third-order valence-corrected chi connectivity index (χ3v) is 5.94. The minimum atomic E-state index is -0.141. The predicted octanol–water partition coefficient (Wildman–Crippen LogP) is 3.74. The number of likely N-dealkylation sites (tertiary alicyclic amines) is 1. The van der Waals surface area contributed by atoms with Crippen LogP contribution in [0, 0.1) is 12.3 Å². The van der Waals surface area contributed by atoms with Gasteiger partial charge in [-0.2, -0.15) is 0 Å². The van der Waals surface area contributed by atoms with Crippen molar-refractivity contribution in [3.05, 3.63) is 36.4 Å². The molecule has 1 saturated carbocycles. The maximum absolute atomic E-state index is 12.7. The first-order valence-corrected chi connectivity index (χ1v) is 10.6. The Bertz CT molecular complexity index is 741. The zero-order valence-corrected chi connectivity index (χ0v) is 17.4. The quantitative estimate of drug-likeness (QED) is 0.496. The van der Waals surface area contributed by atoms with E-state index in [1.807, 2.05) is 6.07 Å². The first-order valence-electron chi connectivity index (χ1n) is 10.6. The van der Waals surface area contributed by atoms with Gasteiger partial charge in [0, 0.05) is 31.2 Å². The molecule has 1 aliphatic heterocycles. The van der Waals surface area contributed by atoms with E-state index in [0.717, 1.165) is 32.0 Å². The smallest absolute Gasteiger partial charge is 0.255 e. The zero-order valence-electron chi connectivity index (χ0n) is 17.4. The molecule has 2 fully saturated rings. The van der Waals surface area contributed by atoms with E-state index in [1.54, 1.807) is 30.2 Å². The van der Waals surface area contributed by atoms with E-state index in [9.17, 15) is 4.79 Å². The fourth-order valence-corrected chi connectivity index (χ4v) is 4.37. The highest BCUT2D eigenvalue weighted by atomic mass is 16.5. The number of carbonyl (C=O) groups is 1. The summed E-state index contributed by atoms with van der Waals surface area (Å²) in [5.74, 6) is 3.64. The second-order valence-corrected chi connectivity index (χ2v) is 7.84. The Morgan fingerprint density at radius 1 is 1.28 bits per heavy atom. The van der Waals surface area contributed by atoms with Gasteiger partial charge in [0.1, 0.15) is 6.10 Å². The van der Waals surface area contributed by atoms with E-state index < -0.39 is 0 Å². The van der Waals surface area contributed by atoms with Gasteiger partial charge in [-0.25, -0.2) is 0 Å². The van der Waals surface area contributed by atoms with Crippen LogP contribution in [0.1, 0.15) is 48.9 Å². The first-order chi connectivity index (χ1) is 14.2. The molecule has 1 aromatic carbocycles. The van der Waals surface area contributed by atoms with Crippen molar-refractivity contribution >= 4 is 5.91 Å². The number of piperidine rings is 1. The van der Waals surface area contributed by atoms with E-state index in [1.165, 1.54) is 25.7 Å². The highest BCUT2D eigenvalue weighted by Gasteiger charge is 2.28. The normalized spacial score (nSPS) is 18.2. The van der Waals surface area contributed by atoms with Crippen LogP contribution in [-0.4, -0.2) is 61.1 Å². The molecule has 156 valence electrons. The molecule has 0 unspecified atom stereocenters. The Labute approximate surface area is 174 Å². The van der Waals surface area contributed by atoms with Gasteiger partial charge in [0.15, 0.2) is 11.5 Å². The van der Waals surface area contributed by atoms with Gasteiger partial charge < -0.3 is 19.3 Å². The summed E-state index contributed by atoms with van der Waals surface area (Å²) in [5, 5.41) is 0. The highest BCUT2D eigenvalue weighted by Crippen LogP contribution is 2.32. The van der Waals surface area contributed by atoms with Gasteiger partial charge in [0.05, 0.1) is 13.7 Å². The van der Waals surface area contributed by atoms with Crippen molar-refractivity contribution < 1.29 is 14.3 Å². The average molecular weight is 397 g/mol. The van der Waals surface area contributed by atoms with Crippen molar-refractivity contribution in [2.75, 3.05) is 33.3 Å². The third kappa shape index (κ3) is 5.33. The Balaban J connectivity index is 1.62. The van der Waals surface area contributed by atoms with Crippen molar-refractivity contribution in [3.63, 3.8) is 0 Å². The molecule has 0 bridgehead atoms. The van der Waals surface area contributed by atoms with E-state index in [4.69, 9.17) is 15.9 Å². The summed E-state index contributed by atoms with van der Waals surface area (Å²) >= 11 is 0. The second-order valence-electron chi connectivity index (χ2n) is 7.84. The van der Waals surface area contributed by atoms with Crippen LogP contribution in [0.4, 0.5) is 0 Å². The Hall–Kier alpha value is -2.45. The number of amides is 1. The summed E-state index contributed by atoms with van der Waals surface area (Å²) in [4.78, 5) is 16.9. The molecule has 1 saturated heterocycles. The van der Waals surface area contributed by atoms with Crippen LogP contribution in [0.2, 0.25) is 0 Å². The van der Waals surface area contributed by atoms with E-state index in [2.05, 4.69) is 17.4 Å². The lowest BCUT2D eigenvalue weighted by Crippen LogP contribution is -2.43. The topological polar surface area (TPSA) is 42.0 Å². The Morgan fingerprint density at radius 3 is 2.62 bits per heavy atom. The molecule has 5 heteroatoms. The SMILES string of the molecule is C#CCN(CC=C)C(=O)c1ccc(OC2CCN(C3CCCC3)CC2)c(OC)c1. The predicted molar refractivity (Wildman–Crippen MR) is 115 cm³/mol. The van der Waals surface area contributed by atoms with Crippen molar-refractivity contribution in [2.45, 2.75) is 50.7 Å². The van der Waals surface area contributed by atoms with Crippen LogP contribution >= 0.6 is 0 Å². The Kier molecular flexibility index (Phi) is 7.60. The molecule has 5 nitrogen and oxygen atoms in total. The molecule has 1 amide bonds. The number of benzene rings is 1. The van der Waals surface area contributed by atoms with Gasteiger partial charge >= 0.3 is 0 Å². The maximum Gasteiger partial charge on any atom is 0.255 e. The van der Waals surface area contributed by atoms with Crippen molar-refractivity contribution in [3.8, 4) is 23.8 Å². The summed E-state index contributed by atoms with van der Waals surface area (Å²) in [5.41, 5.74) is 0.530. The van der Waals surface area contributed by atoms with Gasteiger partial charge in [-0.05, 0) is 43.9 Å². The van der Waals surface area contributed by atoms with E-state index in [0.29, 0.717) is 23.6 Å². The average Bonchev–Trinajstić information content (AvgIpc) is 3.29. The van der Waals surface area contributed by atoms with E-state index >= 15 is 0 Å². The monoisotopic (exact) mass is 396 g/mol. The highest BCUT2D eigenvalue weighted by molar-refractivity contribution is 5.95. The number of hydrogen-bond donors (Lipinski definition) is 0. The number of nitrogens with zero attached hydrogens (tertiary/aromatic N) is 2. The lowest BCUT2D eigenvalue weighted by atomic mass is 10.0. The van der Waals surface area contributed by atoms with Crippen molar-refractivity contribution in [2.24, 2.45) is 0 Å².